The summed E-state index contributed by atoms with van der Waals surface area (Å²) in [5.74, 6) is -0.0159. The van der Waals surface area contributed by atoms with Crippen LogP contribution < -0.4 is 24.4 Å². The number of nitrogens with one attached hydrogen (secondary N) is 1. The van der Waals surface area contributed by atoms with Crippen LogP contribution in [0.25, 0.3) is 6.08 Å². The molecule has 1 heterocycles. The van der Waals surface area contributed by atoms with Gasteiger partial charge in [0.25, 0.3) is 11.8 Å². The van der Waals surface area contributed by atoms with Gasteiger partial charge in [-0.05, 0) is 76.1 Å². The number of rotatable bonds is 8. The van der Waals surface area contributed by atoms with Crippen molar-refractivity contribution in [2.24, 2.45) is 0 Å². The van der Waals surface area contributed by atoms with Crippen LogP contribution in [-0.2, 0) is 9.59 Å². The number of methoxy groups -OCH3 is 1. The Morgan fingerprint density at radius 2 is 1.67 bits per heavy atom. The quantitative estimate of drug-likeness (QED) is 0.226. The Morgan fingerprint density at radius 1 is 0.972 bits per heavy atom. The summed E-state index contributed by atoms with van der Waals surface area (Å²) in [4.78, 5) is 38.8. The summed E-state index contributed by atoms with van der Waals surface area (Å²) in [5.41, 5.74) is 0.541. The van der Waals surface area contributed by atoms with E-state index in [9.17, 15) is 14.4 Å². The van der Waals surface area contributed by atoms with Crippen LogP contribution >= 0.6 is 27.5 Å². The maximum Gasteiger partial charge on any atom is 0.335 e. The molecule has 0 bridgehead atoms. The Bertz CT molecular complexity index is 1330. The van der Waals surface area contributed by atoms with Crippen molar-refractivity contribution in [1.29, 1.82) is 0 Å². The Kier molecular flexibility index (Phi) is 7.92. The van der Waals surface area contributed by atoms with Gasteiger partial charge in [0.15, 0.2) is 11.5 Å². The third-order valence-electron chi connectivity index (χ3n) is 5.09. The van der Waals surface area contributed by atoms with Crippen LogP contribution in [0.5, 0.6) is 17.2 Å². The number of ether oxygens (including phenoxy) is 3. The summed E-state index contributed by atoms with van der Waals surface area (Å²) in [5, 5.41) is 2.64. The molecule has 1 fully saturated rings. The first kappa shape index (κ1) is 25.3. The Hall–Kier alpha value is -3.82. The minimum atomic E-state index is -0.843. The van der Waals surface area contributed by atoms with Gasteiger partial charge in [0.05, 0.1) is 17.3 Å². The lowest BCUT2D eigenvalue weighted by Gasteiger charge is -2.26. The molecular weight excluding hydrogens is 552 g/mol. The van der Waals surface area contributed by atoms with Gasteiger partial charge in [0, 0.05) is 5.02 Å². The fourth-order valence-corrected chi connectivity index (χ4v) is 4.13. The summed E-state index contributed by atoms with van der Waals surface area (Å²) < 4.78 is 17.5. The van der Waals surface area contributed by atoms with Gasteiger partial charge in [-0.1, -0.05) is 29.8 Å². The predicted octanol–water partition coefficient (Wildman–Crippen LogP) is 5.24. The third kappa shape index (κ3) is 5.69. The molecule has 1 aliphatic rings. The first-order chi connectivity index (χ1) is 17.4. The molecule has 0 aromatic heterocycles. The van der Waals surface area contributed by atoms with Gasteiger partial charge < -0.3 is 14.2 Å². The highest BCUT2D eigenvalue weighted by Crippen LogP contribution is 2.37. The molecule has 184 valence electrons. The van der Waals surface area contributed by atoms with Gasteiger partial charge in [0.1, 0.15) is 24.5 Å². The maximum atomic E-state index is 13.1. The largest absolute Gasteiger partial charge is 0.493 e. The summed E-state index contributed by atoms with van der Waals surface area (Å²) in [6.07, 6.45) is 1.38. The van der Waals surface area contributed by atoms with Crippen LogP contribution in [0, 0.1) is 0 Å². The van der Waals surface area contributed by atoms with Crippen molar-refractivity contribution in [3.05, 3.63) is 87.4 Å². The fourth-order valence-electron chi connectivity index (χ4n) is 3.43. The molecule has 3 aromatic rings. The molecule has 3 aromatic carbocycles. The van der Waals surface area contributed by atoms with Crippen molar-refractivity contribution in [2.45, 2.75) is 0 Å². The molecule has 0 spiro atoms. The molecule has 0 aliphatic carbocycles. The van der Waals surface area contributed by atoms with Crippen LogP contribution in [0.4, 0.5) is 10.5 Å². The lowest BCUT2D eigenvalue weighted by Crippen LogP contribution is -2.54. The number of nitrogens with zero attached hydrogens (tertiary/aromatic N) is 1. The second-order valence-corrected chi connectivity index (χ2v) is 8.77. The minimum absolute atomic E-state index is 0.219. The average molecular weight is 572 g/mol. The summed E-state index contributed by atoms with van der Waals surface area (Å²) in [6.45, 7) is 0.567. The summed E-state index contributed by atoms with van der Waals surface area (Å²) in [6, 6.07) is 17.9. The number of barbiturate groups is 1. The molecule has 1 aliphatic heterocycles. The van der Waals surface area contributed by atoms with Gasteiger partial charge >= 0.3 is 6.03 Å². The number of carbonyl (C=O) groups excluding carboxylic acids is 3. The molecule has 8 nitrogen and oxygen atoms in total. The van der Waals surface area contributed by atoms with Crippen LogP contribution in [0.3, 0.4) is 0 Å². The zero-order valence-corrected chi connectivity index (χ0v) is 21.3. The number of anilines is 1. The number of hydrogen-bond acceptors (Lipinski definition) is 6. The van der Waals surface area contributed by atoms with E-state index < -0.39 is 17.8 Å². The molecule has 1 N–H and O–H groups in total. The molecule has 0 radical (unpaired) electrons. The van der Waals surface area contributed by atoms with Crippen LogP contribution in [0.15, 0.2) is 76.8 Å². The highest BCUT2D eigenvalue weighted by atomic mass is 79.9. The maximum absolute atomic E-state index is 13.1. The Balaban J connectivity index is 1.54. The van der Waals surface area contributed by atoms with Crippen molar-refractivity contribution < 1.29 is 28.6 Å². The summed E-state index contributed by atoms with van der Waals surface area (Å²) in [7, 11) is 1.48. The number of amides is 4. The van der Waals surface area contributed by atoms with Crippen molar-refractivity contribution >= 4 is 57.1 Å². The predicted molar refractivity (Wildman–Crippen MR) is 139 cm³/mol. The van der Waals surface area contributed by atoms with Crippen LogP contribution in [0.1, 0.15) is 5.56 Å². The number of hydrogen-bond donors (Lipinski definition) is 1. The minimum Gasteiger partial charge on any atom is -0.493 e. The van der Waals surface area contributed by atoms with E-state index in [1.165, 1.54) is 25.3 Å². The first-order valence-electron chi connectivity index (χ1n) is 10.7. The van der Waals surface area contributed by atoms with E-state index in [0.29, 0.717) is 33.2 Å². The smallest absolute Gasteiger partial charge is 0.335 e. The first-order valence-corrected chi connectivity index (χ1v) is 11.9. The van der Waals surface area contributed by atoms with E-state index in [1.807, 2.05) is 30.3 Å². The number of carbonyl (C=O) groups is 3. The van der Waals surface area contributed by atoms with E-state index in [1.54, 1.807) is 24.3 Å². The number of imide groups is 2. The van der Waals surface area contributed by atoms with E-state index in [2.05, 4.69) is 21.2 Å². The lowest BCUT2D eigenvalue weighted by molar-refractivity contribution is -0.122. The fraction of sp³-hybridized carbons (Fsp3) is 0.115. The van der Waals surface area contributed by atoms with E-state index in [4.69, 9.17) is 25.8 Å². The number of para-hydroxylation sites is 1. The Labute approximate surface area is 220 Å². The van der Waals surface area contributed by atoms with Crippen molar-refractivity contribution in [2.75, 3.05) is 25.2 Å². The number of benzene rings is 3. The zero-order chi connectivity index (χ0) is 25.7. The van der Waals surface area contributed by atoms with E-state index in [-0.39, 0.29) is 17.9 Å². The van der Waals surface area contributed by atoms with Gasteiger partial charge in [-0.3, -0.25) is 14.9 Å². The molecule has 1 saturated heterocycles. The lowest BCUT2D eigenvalue weighted by atomic mass is 10.1. The normalized spacial score (nSPS) is 14.6. The van der Waals surface area contributed by atoms with E-state index >= 15 is 0 Å². The van der Waals surface area contributed by atoms with Crippen LogP contribution in [-0.4, -0.2) is 38.2 Å². The average Bonchev–Trinajstić information content (AvgIpc) is 2.86. The number of urea groups is 1. The molecule has 0 atom stereocenters. The molecular formula is C26H20BrClN2O6. The highest BCUT2D eigenvalue weighted by molar-refractivity contribution is 9.10. The van der Waals surface area contributed by atoms with Gasteiger partial charge in [-0.25, -0.2) is 9.69 Å². The second kappa shape index (κ2) is 11.3. The van der Waals surface area contributed by atoms with Gasteiger partial charge in [0.2, 0.25) is 0 Å². The van der Waals surface area contributed by atoms with Crippen molar-refractivity contribution in [1.82, 2.24) is 5.32 Å². The molecule has 0 saturated carbocycles. The van der Waals surface area contributed by atoms with Gasteiger partial charge in [-0.2, -0.15) is 0 Å². The SMILES string of the molecule is COc1cc(C=C2C(=O)NC(=O)N(c3ccc(Cl)cc3)C2=O)cc(Br)c1OCCOc1ccccc1. The monoisotopic (exact) mass is 570 g/mol. The van der Waals surface area contributed by atoms with Crippen LogP contribution in [0.2, 0.25) is 5.02 Å². The molecule has 0 unspecified atom stereocenters. The van der Waals surface area contributed by atoms with Crippen molar-refractivity contribution in [3.8, 4) is 17.2 Å². The molecule has 10 heteroatoms. The second-order valence-electron chi connectivity index (χ2n) is 7.48. The van der Waals surface area contributed by atoms with E-state index in [0.717, 1.165) is 10.6 Å². The highest BCUT2D eigenvalue weighted by Gasteiger charge is 2.36. The third-order valence-corrected chi connectivity index (χ3v) is 5.93. The van der Waals surface area contributed by atoms with Crippen molar-refractivity contribution in [3.63, 3.8) is 0 Å². The zero-order valence-electron chi connectivity index (χ0n) is 19.0. The van der Waals surface area contributed by atoms with Gasteiger partial charge in [-0.15, -0.1) is 0 Å². The summed E-state index contributed by atoms with van der Waals surface area (Å²) >= 11 is 9.36. The molecule has 4 amide bonds. The molecule has 4 rings (SSSR count). The number of halogens is 2. The topological polar surface area (TPSA) is 94.2 Å². The standard InChI is InChI=1S/C26H20BrClN2O6/c1-34-22-15-16(14-21(27)23(22)36-12-11-35-19-5-3-2-4-6-19)13-20-24(31)29-26(33)30(25(20)32)18-9-7-17(28)8-10-18/h2-10,13-15H,11-12H2,1H3,(H,29,31,33). The Morgan fingerprint density at radius 3 is 2.36 bits per heavy atom. The molecule has 36 heavy (non-hydrogen) atoms.